The van der Waals surface area contributed by atoms with Crippen molar-refractivity contribution in [3.05, 3.63) is 0 Å². The molecule has 0 bridgehead atoms. The fourth-order valence-electron chi connectivity index (χ4n) is 2.75. The average molecular weight is 288 g/mol. The molecule has 1 N–H and O–H groups in total. The van der Waals surface area contributed by atoms with Crippen molar-refractivity contribution < 1.29 is 8.42 Å². The number of hydrogen-bond donors (Lipinski definition) is 1. The highest BCUT2D eigenvalue weighted by atomic mass is 32.2. The Balaban J connectivity index is 1.82. The van der Waals surface area contributed by atoms with Gasteiger partial charge in [0, 0.05) is 19.1 Å². The zero-order valence-corrected chi connectivity index (χ0v) is 13.1. The number of sulfone groups is 1. The van der Waals surface area contributed by atoms with E-state index in [1.807, 2.05) is 0 Å². The van der Waals surface area contributed by atoms with Gasteiger partial charge in [-0.25, -0.2) is 8.42 Å². The minimum Gasteiger partial charge on any atom is -0.316 e. The monoisotopic (exact) mass is 288 g/mol. The predicted octanol–water partition coefficient (Wildman–Crippen LogP) is 1.27. The summed E-state index contributed by atoms with van der Waals surface area (Å²) >= 11 is 0. The van der Waals surface area contributed by atoms with E-state index in [4.69, 9.17) is 0 Å². The molecule has 1 saturated heterocycles. The smallest absolute Gasteiger partial charge is 0.153 e. The Morgan fingerprint density at radius 1 is 1.26 bits per heavy atom. The molecule has 1 aliphatic heterocycles. The Morgan fingerprint density at radius 2 is 2.00 bits per heavy atom. The van der Waals surface area contributed by atoms with Gasteiger partial charge >= 0.3 is 0 Å². The molecule has 1 unspecified atom stereocenters. The molecule has 2 rings (SSSR count). The van der Waals surface area contributed by atoms with Crippen molar-refractivity contribution in [1.82, 2.24) is 10.2 Å². The summed E-state index contributed by atoms with van der Waals surface area (Å²) in [5.74, 6) is 1.03. The fourth-order valence-corrected chi connectivity index (χ4v) is 3.71. The minimum absolute atomic E-state index is 0.245. The van der Waals surface area contributed by atoms with Crippen molar-refractivity contribution in [2.24, 2.45) is 5.92 Å². The van der Waals surface area contributed by atoms with Crippen molar-refractivity contribution in [3.63, 3.8) is 0 Å². The van der Waals surface area contributed by atoms with Gasteiger partial charge in [-0.2, -0.15) is 0 Å². The van der Waals surface area contributed by atoms with Crippen LogP contribution >= 0.6 is 0 Å². The quantitative estimate of drug-likeness (QED) is 0.766. The maximum atomic E-state index is 11.9. The van der Waals surface area contributed by atoms with Gasteiger partial charge in [0.25, 0.3) is 0 Å². The molecule has 0 aromatic carbocycles. The molecule has 112 valence electrons. The molecule has 0 amide bonds. The summed E-state index contributed by atoms with van der Waals surface area (Å²) in [4.78, 5) is 2.43. The van der Waals surface area contributed by atoms with E-state index in [1.165, 1.54) is 25.7 Å². The molecule has 1 heterocycles. The molecule has 19 heavy (non-hydrogen) atoms. The number of piperidine rings is 1. The lowest BCUT2D eigenvalue weighted by Crippen LogP contribution is -2.41. The molecule has 0 aromatic rings. The molecule has 1 aliphatic carbocycles. The second-order valence-electron chi connectivity index (χ2n) is 6.35. The average Bonchev–Trinajstić information content (AvgIpc) is 3.20. The first kappa shape index (κ1) is 15.3. The van der Waals surface area contributed by atoms with Gasteiger partial charge in [0.2, 0.25) is 0 Å². The molecule has 1 atom stereocenters. The van der Waals surface area contributed by atoms with E-state index in [9.17, 15) is 8.42 Å². The highest BCUT2D eigenvalue weighted by molar-refractivity contribution is 7.92. The van der Waals surface area contributed by atoms with E-state index in [0.717, 1.165) is 26.2 Å². The Kier molecular flexibility index (Phi) is 5.26. The maximum absolute atomic E-state index is 11.9. The van der Waals surface area contributed by atoms with Crippen molar-refractivity contribution in [3.8, 4) is 0 Å². The van der Waals surface area contributed by atoms with Crippen LogP contribution in [-0.2, 0) is 9.84 Å². The number of nitrogens with one attached hydrogen (secondary N) is 1. The van der Waals surface area contributed by atoms with E-state index in [0.29, 0.717) is 17.7 Å². The van der Waals surface area contributed by atoms with Crippen molar-refractivity contribution >= 4 is 9.84 Å². The molecule has 2 fully saturated rings. The van der Waals surface area contributed by atoms with Gasteiger partial charge in [0.1, 0.15) is 0 Å². The Labute approximate surface area is 117 Å². The molecule has 1 saturated carbocycles. The van der Waals surface area contributed by atoms with Gasteiger partial charge in [-0.3, -0.25) is 4.90 Å². The Bertz CT molecular complexity index is 371. The second kappa shape index (κ2) is 6.55. The van der Waals surface area contributed by atoms with E-state index >= 15 is 0 Å². The molecule has 2 aliphatic rings. The lowest BCUT2D eigenvalue weighted by atomic mass is 9.99. The summed E-state index contributed by atoms with van der Waals surface area (Å²) in [6.45, 7) is 7.60. The van der Waals surface area contributed by atoms with Crippen molar-refractivity contribution in [2.45, 2.75) is 50.8 Å². The maximum Gasteiger partial charge on any atom is 0.153 e. The predicted molar refractivity (Wildman–Crippen MR) is 79.1 cm³/mol. The van der Waals surface area contributed by atoms with E-state index in [-0.39, 0.29) is 5.25 Å². The summed E-state index contributed by atoms with van der Waals surface area (Å²) in [6, 6.07) is 0.657. The van der Waals surface area contributed by atoms with E-state index in [1.54, 1.807) is 13.8 Å². The lowest BCUT2D eigenvalue weighted by Gasteiger charge is -2.30. The van der Waals surface area contributed by atoms with Crippen LogP contribution in [-0.4, -0.2) is 56.5 Å². The molecular formula is C14H28N2O2S. The number of rotatable bonds is 7. The molecule has 4 nitrogen and oxygen atoms in total. The Hall–Kier alpha value is -0.130. The first-order valence-electron chi connectivity index (χ1n) is 7.65. The molecule has 0 spiro atoms. The third kappa shape index (κ3) is 4.72. The summed E-state index contributed by atoms with van der Waals surface area (Å²) in [6.07, 6.45) is 5.05. The zero-order valence-electron chi connectivity index (χ0n) is 12.3. The minimum atomic E-state index is -2.90. The van der Waals surface area contributed by atoms with Gasteiger partial charge in [0.05, 0.1) is 11.0 Å². The van der Waals surface area contributed by atoms with Crippen LogP contribution < -0.4 is 5.32 Å². The van der Waals surface area contributed by atoms with Crippen LogP contribution in [0.1, 0.15) is 39.5 Å². The normalized spacial score (nSPS) is 25.2. The van der Waals surface area contributed by atoms with Gasteiger partial charge in [0.15, 0.2) is 9.84 Å². The van der Waals surface area contributed by atoms with Crippen LogP contribution in [0.3, 0.4) is 0 Å². The summed E-state index contributed by atoms with van der Waals surface area (Å²) in [5.41, 5.74) is 0. The molecule has 0 aromatic heterocycles. The van der Waals surface area contributed by atoms with Gasteiger partial charge in [-0.05, 0) is 58.5 Å². The molecule has 0 radical (unpaired) electrons. The van der Waals surface area contributed by atoms with Crippen LogP contribution in [0.4, 0.5) is 0 Å². The summed E-state index contributed by atoms with van der Waals surface area (Å²) in [5, 5.41) is 3.20. The topological polar surface area (TPSA) is 49.4 Å². The third-order valence-corrected chi connectivity index (χ3v) is 6.52. The van der Waals surface area contributed by atoms with E-state index < -0.39 is 9.84 Å². The van der Waals surface area contributed by atoms with Crippen LogP contribution in [0, 0.1) is 5.92 Å². The first-order valence-corrected chi connectivity index (χ1v) is 9.37. The zero-order chi connectivity index (χ0) is 13.9. The van der Waals surface area contributed by atoms with Crippen molar-refractivity contribution in [1.29, 1.82) is 0 Å². The lowest BCUT2D eigenvalue weighted by molar-refractivity contribution is 0.209. The highest BCUT2D eigenvalue weighted by Gasteiger charge is 2.31. The largest absolute Gasteiger partial charge is 0.316 e. The van der Waals surface area contributed by atoms with Crippen LogP contribution in [0.15, 0.2) is 0 Å². The summed E-state index contributed by atoms with van der Waals surface area (Å²) < 4.78 is 23.9. The molecular weight excluding hydrogens is 260 g/mol. The fraction of sp³-hybridized carbons (Fsp3) is 1.00. The van der Waals surface area contributed by atoms with Crippen LogP contribution in [0.25, 0.3) is 0 Å². The van der Waals surface area contributed by atoms with Gasteiger partial charge in [-0.1, -0.05) is 0 Å². The third-order valence-electron chi connectivity index (χ3n) is 4.34. The summed E-state index contributed by atoms with van der Waals surface area (Å²) in [7, 11) is -2.90. The van der Waals surface area contributed by atoms with Crippen LogP contribution in [0.5, 0.6) is 0 Å². The second-order valence-corrected chi connectivity index (χ2v) is 9.03. The van der Waals surface area contributed by atoms with E-state index in [2.05, 4.69) is 10.2 Å². The standard InChI is InChI=1S/C14H28N2O2S/c1-12(2)19(17,18)9-8-16(14-5-6-14)11-13-4-3-7-15-10-13/h12-15H,3-11H2,1-2H3. The highest BCUT2D eigenvalue weighted by Crippen LogP contribution is 2.28. The number of nitrogens with zero attached hydrogens (tertiary/aromatic N) is 1. The van der Waals surface area contributed by atoms with Gasteiger partial charge < -0.3 is 5.32 Å². The van der Waals surface area contributed by atoms with Crippen LogP contribution in [0.2, 0.25) is 0 Å². The van der Waals surface area contributed by atoms with Crippen molar-refractivity contribution in [2.75, 3.05) is 31.9 Å². The number of hydrogen-bond acceptors (Lipinski definition) is 4. The first-order chi connectivity index (χ1) is 8.99. The Morgan fingerprint density at radius 3 is 2.53 bits per heavy atom. The van der Waals surface area contributed by atoms with Gasteiger partial charge in [-0.15, -0.1) is 0 Å². The molecule has 5 heteroatoms. The SMILES string of the molecule is CC(C)S(=O)(=O)CCN(CC1CCCNC1)C1CC1.